The Bertz CT molecular complexity index is 1050. The highest BCUT2D eigenvalue weighted by Crippen LogP contribution is 2.28. The molecule has 3 rings (SSSR count). The van der Waals surface area contributed by atoms with Crippen LogP contribution in [0.15, 0.2) is 52.1 Å². The predicted octanol–water partition coefficient (Wildman–Crippen LogP) is 6.24. The Hall–Kier alpha value is -1.74. The van der Waals surface area contributed by atoms with Crippen LogP contribution in [-0.4, -0.2) is 26.4 Å². The van der Waals surface area contributed by atoms with E-state index >= 15 is 0 Å². The minimum Gasteiger partial charge on any atom is -0.483 e. The number of nitrogens with zero attached hydrogens (tertiary/aromatic N) is 3. The standard InChI is InChI=1S/C20H19BrCl2N4O2S/c1-3-27-19(12(2)29-15-6-4-5-14(22)10-15)25-26-20(27)30-11-18(28)24-17-8-7-13(21)9-16(17)23/h4-10,12H,3,11H2,1-2H3,(H,24,28). The van der Waals surface area contributed by atoms with Crippen LogP contribution in [0.2, 0.25) is 10.0 Å². The van der Waals surface area contributed by atoms with Gasteiger partial charge in [0.15, 0.2) is 17.1 Å². The van der Waals surface area contributed by atoms with E-state index in [1.54, 1.807) is 24.3 Å². The average molecular weight is 530 g/mol. The number of anilines is 1. The fourth-order valence-electron chi connectivity index (χ4n) is 2.71. The van der Waals surface area contributed by atoms with Crippen LogP contribution in [0, 0.1) is 0 Å². The van der Waals surface area contributed by atoms with Crippen molar-refractivity contribution in [2.75, 3.05) is 11.1 Å². The third-order valence-corrected chi connectivity index (χ3v) is 6.08. The van der Waals surface area contributed by atoms with Crippen molar-refractivity contribution >= 4 is 62.5 Å². The van der Waals surface area contributed by atoms with E-state index in [0.29, 0.717) is 39.0 Å². The lowest BCUT2D eigenvalue weighted by atomic mass is 10.3. The van der Waals surface area contributed by atoms with Crippen LogP contribution in [0.1, 0.15) is 25.8 Å². The molecule has 10 heteroatoms. The highest BCUT2D eigenvalue weighted by atomic mass is 79.9. The van der Waals surface area contributed by atoms with Crippen molar-refractivity contribution in [1.29, 1.82) is 0 Å². The molecule has 30 heavy (non-hydrogen) atoms. The number of nitrogens with one attached hydrogen (secondary N) is 1. The SMILES string of the molecule is CCn1c(SCC(=O)Nc2ccc(Br)cc2Cl)nnc1C(C)Oc1cccc(Cl)c1. The van der Waals surface area contributed by atoms with Crippen LogP contribution < -0.4 is 10.1 Å². The van der Waals surface area contributed by atoms with Gasteiger partial charge >= 0.3 is 0 Å². The minimum atomic E-state index is -0.333. The molecule has 1 unspecified atom stereocenters. The van der Waals surface area contributed by atoms with Gasteiger partial charge in [-0.15, -0.1) is 10.2 Å². The number of carbonyl (C=O) groups excluding carboxylic acids is 1. The summed E-state index contributed by atoms with van der Waals surface area (Å²) in [4.78, 5) is 12.3. The molecule has 1 aromatic heterocycles. The number of benzene rings is 2. The molecule has 0 aliphatic carbocycles. The lowest BCUT2D eigenvalue weighted by Crippen LogP contribution is -2.15. The van der Waals surface area contributed by atoms with Crippen LogP contribution in [0.3, 0.4) is 0 Å². The summed E-state index contributed by atoms with van der Waals surface area (Å²) in [7, 11) is 0. The second-order valence-corrected chi connectivity index (χ2v) is 8.97. The van der Waals surface area contributed by atoms with E-state index in [-0.39, 0.29) is 17.8 Å². The number of hydrogen-bond donors (Lipinski definition) is 1. The Balaban J connectivity index is 1.64. The first-order chi connectivity index (χ1) is 14.4. The van der Waals surface area contributed by atoms with Gasteiger partial charge in [-0.25, -0.2) is 0 Å². The summed E-state index contributed by atoms with van der Waals surface area (Å²) in [5, 5.41) is 13.0. The van der Waals surface area contributed by atoms with Crippen molar-refractivity contribution in [3.63, 3.8) is 0 Å². The summed E-state index contributed by atoms with van der Waals surface area (Å²) in [6.07, 6.45) is -0.333. The van der Waals surface area contributed by atoms with E-state index in [1.807, 2.05) is 36.6 Å². The van der Waals surface area contributed by atoms with Crippen LogP contribution >= 0.6 is 50.9 Å². The Morgan fingerprint density at radius 3 is 2.77 bits per heavy atom. The molecule has 0 aliphatic heterocycles. The molecular weight excluding hydrogens is 511 g/mol. The Morgan fingerprint density at radius 1 is 1.27 bits per heavy atom. The van der Waals surface area contributed by atoms with Gasteiger partial charge in [-0.05, 0) is 50.2 Å². The summed E-state index contributed by atoms with van der Waals surface area (Å²) in [5.74, 6) is 1.32. The molecule has 0 saturated heterocycles. The second-order valence-electron chi connectivity index (χ2n) is 6.26. The van der Waals surface area contributed by atoms with Gasteiger partial charge < -0.3 is 14.6 Å². The van der Waals surface area contributed by atoms with Gasteiger partial charge in [0.25, 0.3) is 0 Å². The zero-order valence-electron chi connectivity index (χ0n) is 16.2. The van der Waals surface area contributed by atoms with Gasteiger partial charge in [-0.1, -0.05) is 57.0 Å². The van der Waals surface area contributed by atoms with Gasteiger partial charge in [0, 0.05) is 16.0 Å². The van der Waals surface area contributed by atoms with Crippen molar-refractivity contribution < 1.29 is 9.53 Å². The average Bonchev–Trinajstić information content (AvgIpc) is 3.11. The summed E-state index contributed by atoms with van der Waals surface area (Å²) < 4.78 is 8.72. The van der Waals surface area contributed by atoms with Gasteiger partial charge in [0.1, 0.15) is 5.75 Å². The number of amides is 1. The minimum absolute atomic E-state index is 0.175. The van der Waals surface area contributed by atoms with Gasteiger partial charge in [-0.3, -0.25) is 4.79 Å². The molecule has 1 N–H and O–H groups in total. The lowest BCUT2D eigenvalue weighted by Gasteiger charge is -2.15. The van der Waals surface area contributed by atoms with Crippen LogP contribution in [0.25, 0.3) is 0 Å². The second kappa shape index (κ2) is 10.5. The van der Waals surface area contributed by atoms with Gasteiger partial charge in [-0.2, -0.15) is 0 Å². The number of carbonyl (C=O) groups is 1. The molecule has 0 fully saturated rings. The molecule has 0 spiro atoms. The molecule has 0 bridgehead atoms. The van der Waals surface area contributed by atoms with Crippen LogP contribution in [0.4, 0.5) is 5.69 Å². The maximum atomic E-state index is 12.3. The summed E-state index contributed by atoms with van der Waals surface area (Å²) in [6, 6.07) is 12.5. The third kappa shape index (κ3) is 5.91. The lowest BCUT2D eigenvalue weighted by molar-refractivity contribution is -0.113. The number of thioether (sulfide) groups is 1. The van der Waals surface area contributed by atoms with Crippen molar-refractivity contribution in [3.05, 3.63) is 62.8 Å². The first-order valence-corrected chi connectivity index (χ1v) is 11.6. The smallest absolute Gasteiger partial charge is 0.234 e. The van der Waals surface area contributed by atoms with Crippen molar-refractivity contribution in [2.24, 2.45) is 0 Å². The number of halogens is 3. The maximum Gasteiger partial charge on any atom is 0.234 e. The number of hydrogen-bond acceptors (Lipinski definition) is 5. The van der Waals surface area contributed by atoms with Crippen LogP contribution in [-0.2, 0) is 11.3 Å². The fraction of sp³-hybridized carbons (Fsp3) is 0.250. The van der Waals surface area contributed by atoms with E-state index < -0.39 is 0 Å². The van der Waals surface area contributed by atoms with E-state index in [9.17, 15) is 4.79 Å². The highest BCUT2D eigenvalue weighted by Gasteiger charge is 2.19. The molecule has 0 aliphatic rings. The van der Waals surface area contributed by atoms with E-state index in [1.165, 1.54) is 11.8 Å². The van der Waals surface area contributed by atoms with E-state index in [2.05, 4.69) is 31.4 Å². The molecule has 6 nitrogen and oxygen atoms in total. The molecule has 1 amide bonds. The number of ether oxygens (including phenoxy) is 1. The Labute approximate surface area is 197 Å². The molecule has 1 atom stereocenters. The monoisotopic (exact) mass is 528 g/mol. The summed E-state index contributed by atoms with van der Waals surface area (Å²) >= 11 is 16.8. The molecule has 3 aromatic rings. The fourth-order valence-corrected chi connectivity index (χ4v) is 4.42. The molecule has 1 heterocycles. The zero-order valence-corrected chi connectivity index (χ0v) is 20.1. The molecule has 0 radical (unpaired) electrons. The van der Waals surface area contributed by atoms with Crippen molar-refractivity contribution in [2.45, 2.75) is 31.7 Å². The maximum absolute atomic E-state index is 12.3. The first-order valence-electron chi connectivity index (χ1n) is 9.10. The quantitative estimate of drug-likeness (QED) is 0.350. The molecule has 158 valence electrons. The third-order valence-electron chi connectivity index (χ3n) is 4.07. The van der Waals surface area contributed by atoms with Crippen molar-refractivity contribution in [3.8, 4) is 5.75 Å². The first kappa shape index (κ1) is 22.9. The molecule has 2 aromatic carbocycles. The summed E-state index contributed by atoms with van der Waals surface area (Å²) in [5.41, 5.74) is 0.562. The number of rotatable bonds is 8. The summed E-state index contributed by atoms with van der Waals surface area (Å²) in [6.45, 7) is 4.53. The molecular formula is C20H19BrCl2N4O2S. The Morgan fingerprint density at radius 2 is 2.07 bits per heavy atom. The predicted molar refractivity (Wildman–Crippen MR) is 125 cm³/mol. The van der Waals surface area contributed by atoms with Crippen molar-refractivity contribution in [1.82, 2.24) is 14.8 Å². The normalized spacial score (nSPS) is 11.9. The largest absolute Gasteiger partial charge is 0.483 e. The highest BCUT2D eigenvalue weighted by molar-refractivity contribution is 9.10. The van der Waals surface area contributed by atoms with Gasteiger partial charge in [0.2, 0.25) is 5.91 Å². The Kier molecular flexibility index (Phi) is 8.05. The van der Waals surface area contributed by atoms with Crippen LogP contribution in [0.5, 0.6) is 5.75 Å². The van der Waals surface area contributed by atoms with Gasteiger partial charge in [0.05, 0.1) is 16.5 Å². The molecule has 0 saturated carbocycles. The van der Waals surface area contributed by atoms with E-state index in [0.717, 1.165) is 4.47 Å². The number of aromatic nitrogens is 3. The van der Waals surface area contributed by atoms with E-state index in [4.69, 9.17) is 27.9 Å². The zero-order chi connectivity index (χ0) is 21.7. The topological polar surface area (TPSA) is 69.0 Å².